The highest BCUT2D eigenvalue weighted by Gasteiger charge is 2.26. The normalized spacial score (nSPS) is 21.8. The minimum atomic E-state index is -0.603. The molecule has 0 unspecified atom stereocenters. The summed E-state index contributed by atoms with van der Waals surface area (Å²) in [5, 5.41) is 6.46. The Bertz CT molecular complexity index is 976. The Labute approximate surface area is 199 Å². The van der Waals surface area contributed by atoms with Gasteiger partial charge in [-0.05, 0) is 36.1 Å². The number of halogens is 1. The number of carbonyl (C=O) groups is 3. The van der Waals surface area contributed by atoms with Crippen LogP contribution in [0.2, 0.25) is 5.02 Å². The van der Waals surface area contributed by atoms with Crippen LogP contribution in [-0.2, 0) is 25.7 Å². The number of benzene rings is 2. The van der Waals surface area contributed by atoms with Crippen molar-refractivity contribution in [3.05, 3.63) is 82.9 Å². The van der Waals surface area contributed by atoms with Gasteiger partial charge in [0.2, 0.25) is 11.8 Å². The van der Waals surface area contributed by atoms with Gasteiger partial charge < -0.3 is 15.4 Å². The summed E-state index contributed by atoms with van der Waals surface area (Å²) >= 11 is 5.89. The van der Waals surface area contributed by atoms with Crippen LogP contribution in [0.15, 0.2) is 66.7 Å². The lowest BCUT2D eigenvalue weighted by Crippen LogP contribution is -2.36. The summed E-state index contributed by atoms with van der Waals surface area (Å²) in [6, 6.07) is 16.2. The molecule has 174 valence electrons. The number of ether oxygens (including phenoxy) is 1. The minimum absolute atomic E-state index is 0.00785. The number of nitrogens with one attached hydrogen (secondary N) is 2. The van der Waals surface area contributed by atoms with Crippen LogP contribution in [0, 0.1) is 11.8 Å². The first kappa shape index (κ1) is 24.5. The third kappa shape index (κ3) is 7.75. The highest BCUT2D eigenvalue weighted by molar-refractivity contribution is 6.30. The number of allylic oxidation sites excluding steroid dienone is 2. The quantitative estimate of drug-likeness (QED) is 0.504. The van der Waals surface area contributed by atoms with Crippen LogP contribution in [0.25, 0.3) is 0 Å². The van der Waals surface area contributed by atoms with E-state index in [1.807, 2.05) is 61.5 Å². The molecule has 7 heteroatoms. The van der Waals surface area contributed by atoms with Crippen molar-refractivity contribution in [2.45, 2.75) is 38.8 Å². The predicted octanol–water partition coefficient (Wildman–Crippen LogP) is 4.35. The fraction of sp³-hybridized carbons (Fsp3) is 0.346. The maximum Gasteiger partial charge on any atom is 0.309 e. The molecule has 2 aromatic carbocycles. The van der Waals surface area contributed by atoms with E-state index in [9.17, 15) is 14.4 Å². The van der Waals surface area contributed by atoms with Gasteiger partial charge in [-0.15, -0.1) is 0 Å². The van der Waals surface area contributed by atoms with E-state index in [4.69, 9.17) is 16.3 Å². The number of rotatable bonds is 5. The third-order valence-corrected chi connectivity index (χ3v) is 5.86. The number of hydrogen-bond donors (Lipinski definition) is 2. The van der Waals surface area contributed by atoms with E-state index in [1.54, 1.807) is 12.1 Å². The highest BCUT2D eigenvalue weighted by Crippen LogP contribution is 2.20. The number of amides is 2. The zero-order valence-corrected chi connectivity index (χ0v) is 19.4. The van der Waals surface area contributed by atoms with Gasteiger partial charge in [-0.2, -0.15) is 0 Å². The minimum Gasteiger partial charge on any atom is -0.463 e. The topological polar surface area (TPSA) is 84.5 Å². The fourth-order valence-electron chi connectivity index (χ4n) is 3.53. The summed E-state index contributed by atoms with van der Waals surface area (Å²) in [5.41, 5.74) is 1.78. The second kappa shape index (κ2) is 12.2. The molecule has 1 heterocycles. The molecule has 6 nitrogen and oxygen atoms in total. The van der Waals surface area contributed by atoms with Crippen molar-refractivity contribution in [2.75, 3.05) is 6.61 Å². The van der Waals surface area contributed by atoms with Gasteiger partial charge in [-0.3, -0.25) is 14.4 Å². The molecule has 1 aliphatic rings. The van der Waals surface area contributed by atoms with Crippen molar-refractivity contribution >= 4 is 29.4 Å². The first-order valence-electron chi connectivity index (χ1n) is 11.1. The first-order chi connectivity index (χ1) is 15.9. The van der Waals surface area contributed by atoms with Crippen molar-refractivity contribution in [1.82, 2.24) is 10.6 Å². The average molecular weight is 469 g/mol. The van der Waals surface area contributed by atoms with Crippen LogP contribution >= 0.6 is 11.6 Å². The molecular formula is C26H29ClN2O4. The van der Waals surface area contributed by atoms with Crippen molar-refractivity contribution in [3.8, 4) is 0 Å². The molecule has 1 aliphatic heterocycles. The van der Waals surface area contributed by atoms with Gasteiger partial charge in [0.15, 0.2) is 0 Å². The Hall–Kier alpha value is -3.12. The second-order valence-corrected chi connectivity index (χ2v) is 8.69. The van der Waals surface area contributed by atoms with E-state index in [2.05, 4.69) is 10.6 Å². The lowest BCUT2D eigenvalue weighted by molar-refractivity contribution is -0.151. The smallest absolute Gasteiger partial charge is 0.309 e. The largest absolute Gasteiger partial charge is 0.463 e. The van der Waals surface area contributed by atoms with Crippen molar-refractivity contribution < 1.29 is 19.1 Å². The molecule has 2 N–H and O–H groups in total. The van der Waals surface area contributed by atoms with Crippen LogP contribution in [0.1, 0.15) is 43.4 Å². The molecular weight excluding hydrogens is 440 g/mol. The van der Waals surface area contributed by atoms with E-state index >= 15 is 0 Å². The number of cyclic esters (lactones) is 1. The first-order valence-corrected chi connectivity index (χ1v) is 11.5. The highest BCUT2D eigenvalue weighted by atomic mass is 35.5. The van der Waals surface area contributed by atoms with Gasteiger partial charge in [-0.1, -0.05) is 73.1 Å². The van der Waals surface area contributed by atoms with Crippen molar-refractivity contribution in [3.63, 3.8) is 0 Å². The van der Waals surface area contributed by atoms with E-state index in [0.717, 1.165) is 11.1 Å². The molecule has 0 saturated heterocycles. The lowest BCUT2D eigenvalue weighted by atomic mass is 9.98. The lowest BCUT2D eigenvalue weighted by Gasteiger charge is -2.23. The van der Waals surface area contributed by atoms with Gasteiger partial charge in [0.1, 0.15) is 6.61 Å². The van der Waals surface area contributed by atoms with Gasteiger partial charge in [0.25, 0.3) is 0 Å². The van der Waals surface area contributed by atoms with Gasteiger partial charge in [0.05, 0.1) is 12.0 Å². The van der Waals surface area contributed by atoms with Crippen LogP contribution in [-0.4, -0.2) is 24.4 Å². The Morgan fingerprint density at radius 3 is 2.48 bits per heavy atom. The number of esters is 1. The fourth-order valence-corrected chi connectivity index (χ4v) is 3.66. The molecule has 0 fully saturated rings. The van der Waals surface area contributed by atoms with E-state index in [1.165, 1.54) is 0 Å². The Morgan fingerprint density at radius 2 is 1.76 bits per heavy atom. The average Bonchev–Trinajstić information content (AvgIpc) is 2.82. The summed E-state index contributed by atoms with van der Waals surface area (Å²) in [4.78, 5) is 37.9. The van der Waals surface area contributed by atoms with E-state index in [-0.39, 0.29) is 30.8 Å². The maximum absolute atomic E-state index is 12.8. The zero-order chi connectivity index (χ0) is 23.6. The molecule has 3 rings (SSSR count). The summed E-state index contributed by atoms with van der Waals surface area (Å²) in [5.74, 6) is -1.60. The summed E-state index contributed by atoms with van der Waals surface area (Å²) in [6.07, 6.45) is 4.68. The maximum atomic E-state index is 12.8. The molecule has 2 amide bonds. The molecule has 0 spiro atoms. The van der Waals surface area contributed by atoms with Crippen LogP contribution in [0.3, 0.4) is 0 Å². The van der Waals surface area contributed by atoms with Gasteiger partial charge >= 0.3 is 5.97 Å². The van der Waals surface area contributed by atoms with Gasteiger partial charge in [-0.25, -0.2) is 0 Å². The molecule has 0 radical (unpaired) electrons. The standard InChI is InChI=1S/C26H29ClN2O4/c1-18-7-5-6-10-21(15-24(30)28-16-19-11-13-22(27)14-12-19)26(32)33-17-23(29-25(18)31)20-8-3-2-4-9-20/h2-6,8-9,11-14,18,21,23H,7,10,15-17H2,1H3,(H,28,30)(H,29,31)/t18-,21-,23-/m0/s1. The van der Waals surface area contributed by atoms with E-state index < -0.39 is 17.9 Å². The van der Waals surface area contributed by atoms with Crippen molar-refractivity contribution in [2.24, 2.45) is 11.8 Å². The third-order valence-electron chi connectivity index (χ3n) is 5.60. The summed E-state index contributed by atoms with van der Waals surface area (Å²) in [6.45, 7) is 2.22. The monoisotopic (exact) mass is 468 g/mol. The molecule has 0 aromatic heterocycles. The number of carbonyl (C=O) groups excluding carboxylic acids is 3. The summed E-state index contributed by atoms with van der Waals surface area (Å²) < 4.78 is 5.57. The zero-order valence-electron chi connectivity index (χ0n) is 18.6. The Kier molecular flexibility index (Phi) is 9.07. The molecule has 3 atom stereocenters. The molecule has 33 heavy (non-hydrogen) atoms. The van der Waals surface area contributed by atoms with Gasteiger partial charge in [0, 0.05) is 23.9 Å². The molecule has 0 saturated carbocycles. The molecule has 0 bridgehead atoms. The van der Waals surface area contributed by atoms with Crippen LogP contribution in [0.4, 0.5) is 0 Å². The molecule has 0 aliphatic carbocycles. The van der Waals surface area contributed by atoms with E-state index in [0.29, 0.717) is 24.4 Å². The Balaban J connectivity index is 1.66. The molecule has 2 aromatic rings. The predicted molar refractivity (Wildman–Crippen MR) is 127 cm³/mol. The van der Waals surface area contributed by atoms with Crippen LogP contribution in [0.5, 0.6) is 0 Å². The van der Waals surface area contributed by atoms with Crippen LogP contribution < -0.4 is 10.6 Å². The van der Waals surface area contributed by atoms with Crippen molar-refractivity contribution in [1.29, 1.82) is 0 Å². The summed E-state index contributed by atoms with van der Waals surface area (Å²) in [7, 11) is 0. The number of hydrogen-bond acceptors (Lipinski definition) is 4. The SMILES string of the molecule is C[C@H]1CC=CC[C@@H](CC(=O)NCc2ccc(Cl)cc2)C(=O)OC[C@@H](c2ccccc2)NC1=O. The Morgan fingerprint density at radius 1 is 1.06 bits per heavy atom. The second-order valence-electron chi connectivity index (χ2n) is 8.25.